The number of anilines is 1. The van der Waals surface area contributed by atoms with Crippen LogP contribution in [0.2, 0.25) is 0 Å². The Hall–Kier alpha value is -4.37. The van der Waals surface area contributed by atoms with Gasteiger partial charge >= 0.3 is 5.91 Å². The number of thiazole rings is 1. The summed E-state index contributed by atoms with van der Waals surface area (Å²) in [6.45, 7) is 4.82. The Balaban J connectivity index is 1.66. The molecule has 0 bridgehead atoms. The van der Waals surface area contributed by atoms with E-state index in [-0.39, 0.29) is 11.3 Å². The van der Waals surface area contributed by atoms with Crippen LogP contribution in [0, 0.1) is 0 Å². The summed E-state index contributed by atoms with van der Waals surface area (Å²) < 4.78 is 17.2. The van der Waals surface area contributed by atoms with Crippen LogP contribution in [-0.4, -0.2) is 42.1 Å². The molecule has 38 heavy (non-hydrogen) atoms. The fraction of sp³-hybridized carbons (Fsp3) is 0.207. The number of benzene rings is 3. The largest absolute Gasteiger partial charge is 0.507 e. The maximum atomic E-state index is 13.5. The highest BCUT2D eigenvalue weighted by Gasteiger charge is 2.48. The maximum absolute atomic E-state index is 13.5. The van der Waals surface area contributed by atoms with Crippen molar-refractivity contribution < 1.29 is 28.9 Å². The molecule has 3 aromatic carbocycles. The number of aromatic nitrogens is 1. The summed E-state index contributed by atoms with van der Waals surface area (Å²) >= 11 is 1.28. The summed E-state index contributed by atoms with van der Waals surface area (Å²) in [7, 11) is 1.54. The molecule has 1 saturated heterocycles. The van der Waals surface area contributed by atoms with Crippen molar-refractivity contribution in [3.05, 3.63) is 83.4 Å². The number of ketones is 1. The average molecular weight is 531 g/mol. The van der Waals surface area contributed by atoms with E-state index >= 15 is 0 Å². The molecule has 0 spiro atoms. The van der Waals surface area contributed by atoms with Crippen LogP contribution in [0.4, 0.5) is 5.13 Å². The van der Waals surface area contributed by atoms with Crippen molar-refractivity contribution in [2.75, 3.05) is 25.2 Å². The van der Waals surface area contributed by atoms with Gasteiger partial charge in [0.25, 0.3) is 5.78 Å². The molecule has 8 nitrogen and oxygen atoms in total. The molecule has 5 rings (SSSR count). The van der Waals surface area contributed by atoms with Gasteiger partial charge in [0.15, 0.2) is 5.13 Å². The number of rotatable bonds is 8. The second-order valence-electron chi connectivity index (χ2n) is 8.46. The van der Waals surface area contributed by atoms with Gasteiger partial charge in [0.05, 0.1) is 42.2 Å². The number of methoxy groups -OCH3 is 1. The molecule has 9 heteroatoms. The zero-order chi connectivity index (χ0) is 26.8. The van der Waals surface area contributed by atoms with E-state index in [1.807, 2.05) is 32.0 Å². The first kappa shape index (κ1) is 25.3. The number of hydrogen-bond acceptors (Lipinski definition) is 8. The molecule has 0 aliphatic carbocycles. The molecule has 1 atom stereocenters. The topological polar surface area (TPSA) is 98.2 Å². The monoisotopic (exact) mass is 530 g/mol. The van der Waals surface area contributed by atoms with Crippen LogP contribution >= 0.6 is 11.3 Å². The SMILES string of the molecule is CCOc1ccc([C@@H]2C(=C(O)c3ccc(OC)cc3)C(=O)C(=O)N2c2nc3ccc(OCC)cc3s2)cc1. The van der Waals surface area contributed by atoms with Gasteiger partial charge in [-0.3, -0.25) is 14.5 Å². The van der Waals surface area contributed by atoms with E-state index in [1.165, 1.54) is 16.2 Å². The second kappa shape index (κ2) is 10.5. The number of amides is 1. The summed E-state index contributed by atoms with van der Waals surface area (Å²) in [5.41, 5.74) is 1.69. The zero-order valence-corrected chi connectivity index (χ0v) is 22.0. The number of aliphatic hydroxyl groups excluding tert-OH is 1. The number of hydrogen-bond donors (Lipinski definition) is 1. The Kier molecular flexibility index (Phi) is 7.02. The summed E-state index contributed by atoms with van der Waals surface area (Å²) in [5.74, 6) is 0.138. The van der Waals surface area contributed by atoms with Crippen LogP contribution in [0.1, 0.15) is 31.0 Å². The van der Waals surface area contributed by atoms with Crippen LogP contribution < -0.4 is 19.1 Å². The van der Waals surface area contributed by atoms with Gasteiger partial charge in [-0.05, 0) is 74.0 Å². The fourth-order valence-electron chi connectivity index (χ4n) is 4.41. The highest BCUT2D eigenvalue weighted by atomic mass is 32.1. The van der Waals surface area contributed by atoms with Crippen molar-refractivity contribution in [1.29, 1.82) is 0 Å². The Bertz CT molecular complexity index is 1530. The Morgan fingerprint density at radius 2 is 1.55 bits per heavy atom. The summed E-state index contributed by atoms with van der Waals surface area (Å²) in [4.78, 5) is 32.9. The van der Waals surface area contributed by atoms with E-state index < -0.39 is 17.7 Å². The smallest absolute Gasteiger partial charge is 0.301 e. The van der Waals surface area contributed by atoms with E-state index in [2.05, 4.69) is 4.98 Å². The molecule has 1 amide bonds. The van der Waals surface area contributed by atoms with E-state index in [9.17, 15) is 14.7 Å². The fourth-order valence-corrected chi connectivity index (χ4v) is 5.44. The minimum atomic E-state index is -0.889. The quantitative estimate of drug-likeness (QED) is 0.177. The Morgan fingerprint density at radius 1 is 0.921 bits per heavy atom. The lowest BCUT2D eigenvalue weighted by atomic mass is 9.95. The van der Waals surface area contributed by atoms with Gasteiger partial charge in [-0.15, -0.1) is 0 Å². The number of carbonyl (C=O) groups is 2. The highest BCUT2D eigenvalue weighted by molar-refractivity contribution is 7.22. The molecular formula is C29H26N2O6S. The summed E-state index contributed by atoms with van der Waals surface area (Å²) in [6.07, 6.45) is 0. The maximum Gasteiger partial charge on any atom is 0.301 e. The van der Waals surface area contributed by atoms with Gasteiger partial charge in [-0.25, -0.2) is 4.98 Å². The van der Waals surface area contributed by atoms with E-state index in [0.29, 0.717) is 52.2 Å². The number of carbonyl (C=O) groups excluding carboxylic acids is 2. The Morgan fingerprint density at radius 3 is 2.21 bits per heavy atom. The molecule has 194 valence electrons. The lowest BCUT2D eigenvalue weighted by molar-refractivity contribution is -0.132. The van der Waals surface area contributed by atoms with Crippen molar-refractivity contribution in [2.45, 2.75) is 19.9 Å². The first-order chi connectivity index (χ1) is 18.4. The van der Waals surface area contributed by atoms with E-state index in [4.69, 9.17) is 14.2 Å². The van der Waals surface area contributed by atoms with Gasteiger partial charge in [0, 0.05) is 5.56 Å². The predicted molar refractivity (Wildman–Crippen MR) is 146 cm³/mol. The van der Waals surface area contributed by atoms with E-state index in [0.717, 1.165) is 4.70 Å². The third-order valence-electron chi connectivity index (χ3n) is 6.18. The van der Waals surface area contributed by atoms with Gasteiger partial charge in [-0.2, -0.15) is 0 Å². The van der Waals surface area contributed by atoms with Crippen molar-refractivity contribution in [2.24, 2.45) is 0 Å². The highest BCUT2D eigenvalue weighted by Crippen LogP contribution is 2.45. The van der Waals surface area contributed by atoms with Gasteiger partial charge in [-0.1, -0.05) is 23.5 Å². The second-order valence-corrected chi connectivity index (χ2v) is 9.47. The van der Waals surface area contributed by atoms with Gasteiger partial charge in [0.1, 0.15) is 23.0 Å². The number of nitrogens with zero attached hydrogens (tertiary/aromatic N) is 2. The van der Waals surface area contributed by atoms with Crippen molar-refractivity contribution in [3.8, 4) is 17.2 Å². The van der Waals surface area contributed by atoms with Crippen LogP contribution in [0.15, 0.2) is 72.3 Å². The molecule has 0 radical (unpaired) electrons. The zero-order valence-electron chi connectivity index (χ0n) is 21.1. The normalized spacial score (nSPS) is 16.7. The van der Waals surface area contributed by atoms with Crippen molar-refractivity contribution in [3.63, 3.8) is 0 Å². The standard InChI is InChI=1S/C29H26N2O6S/c1-4-36-20-12-6-17(7-13-20)25-24(26(32)18-8-10-19(35-3)11-9-18)27(33)28(34)31(25)29-30-22-15-14-21(37-5-2)16-23(22)38-29/h6-16,25,32H,4-5H2,1-3H3/t25-/m1/s1. The third-order valence-corrected chi connectivity index (χ3v) is 7.20. The third kappa shape index (κ3) is 4.56. The molecule has 1 aliphatic heterocycles. The predicted octanol–water partition coefficient (Wildman–Crippen LogP) is 5.73. The van der Waals surface area contributed by atoms with E-state index in [1.54, 1.807) is 55.6 Å². The lowest BCUT2D eigenvalue weighted by Gasteiger charge is -2.23. The molecule has 1 aliphatic rings. The number of fused-ring (bicyclic) bond motifs is 1. The van der Waals surface area contributed by atoms with Crippen LogP contribution in [-0.2, 0) is 9.59 Å². The summed E-state index contributed by atoms with van der Waals surface area (Å²) in [6, 6.07) is 18.4. The van der Waals surface area contributed by atoms with Crippen LogP contribution in [0.5, 0.6) is 17.2 Å². The molecule has 0 saturated carbocycles. The lowest BCUT2D eigenvalue weighted by Crippen LogP contribution is -2.29. The summed E-state index contributed by atoms with van der Waals surface area (Å²) in [5, 5.41) is 11.7. The minimum Gasteiger partial charge on any atom is -0.507 e. The average Bonchev–Trinajstić information content (AvgIpc) is 3.47. The number of aliphatic hydroxyl groups is 1. The Labute approximate surface area is 223 Å². The molecule has 2 heterocycles. The number of Topliss-reactive ketones (excluding diaryl/α,β-unsaturated/α-hetero) is 1. The van der Waals surface area contributed by atoms with Crippen LogP contribution in [0.25, 0.3) is 16.0 Å². The molecular weight excluding hydrogens is 504 g/mol. The molecule has 1 N–H and O–H groups in total. The molecule has 1 aromatic heterocycles. The first-order valence-electron chi connectivity index (χ1n) is 12.2. The van der Waals surface area contributed by atoms with Crippen LogP contribution in [0.3, 0.4) is 0 Å². The first-order valence-corrected chi connectivity index (χ1v) is 13.0. The van der Waals surface area contributed by atoms with Gasteiger partial charge in [0.2, 0.25) is 0 Å². The van der Waals surface area contributed by atoms with Crippen molar-refractivity contribution in [1.82, 2.24) is 4.98 Å². The molecule has 1 fully saturated rings. The number of ether oxygens (including phenoxy) is 3. The molecule has 0 unspecified atom stereocenters. The minimum absolute atomic E-state index is 0.0152. The van der Waals surface area contributed by atoms with Crippen molar-refractivity contribution >= 4 is 44.1 Å². The van der Waals surface area contributed by atoms with Gasteiger partial charge < -0.3 is 19.3 Å². The molecule has 4 aromatic rings.